The minimum atomic E-state index is -0.304. The molecular weight excluding hydrogens is 302 g/mol. The molecule has 2 aliphatic heterocycles. The van der Waals surface area contributed by atoms with Crippen LogP contribution < -0.4 is 0 Å². The average Bonchev–Trinajstić information content (AvgIpc) is 2.77. The van der Waals surface area contributed by atoms with Crippen LogP contribution in [0.4, 0.5) is 0 Å². The Hall–Kier alpha value is -1.43. The lowest BCUT2D eigenvalue weighted by atomic mass is 10.0. The molecule has 3 rings (SSSR count). The van der Waals surface area contributed by atoms with E-state index < -0.39 is 0 Å². The Morgan fingerprint density at radius 1 is 1.08 bits per heavy atom. The van der Waals surface area contributed by atoms with Crippen molar-refractivity contribution in [2.24, 2.45) is 0 Å². The van der Waals surface area contributed by atoms with Gasteiger partial charge < -0.3 is 10.0 Å². The van der Waals surface area contributed by atoms with E-state index >= 15 is 0 Å². The Kier molecular flexibility index (Phi) is 5.87. The fourth-order valence-electron chi connectivity index (χ4n) is 3.94. The topological polar surface area (TPSA) is 47.0 Å². The van der Waals surface area contributed by atoms with Crippen molar-refractivity contribution >= 4 is 5.91 Å². The van der Waals surface area contributed by atoms with Crippen molar-refractivity contribution in [1.82, 2.24) is 14.7 Å². The van der Waals surface area contributed by atoms with Gasteiger partial charge in [-0.25, -0.2) is 0 Å². The van der Waals surface area contributed by atoms with E-state index in [0.717, 1.165) is 58.7 Å². The maximum absolute atomic E-state index is 11.5. The SMILES string of the molecule is CC(=O)N1CCC(N2CCN(Cc3ccccc3)C[C@@H](O)C2)CC1. The summed E-state index contributed by atoms with van der Waals surface area (Å²) in [6.07, 6.45) is 1.73. The van der Waals surface area contributed by atoms with Gasteiger partial charge in [0.25, 0.3) is 0 Å². The van der Waals surface area contributed by atoms with E-state index in [1.54, 1.807) is 6.92 Å². The molecule has 0 spiro atoms. The summed E-state index contributed by atoms with van der Waals surface area (Å²) in [5.74, 6) is 0.179. The lowest BCUT2D eigenvalue weighted by molar-refractivity contribution is -0.130. The molecule has 1 aromatic carbocycles. The van der Waals surface area contributed by atoms with E-state index in [-0.39, 0.29) is 12.0 Å². The molecule has 2 heterocycles. The lowest BCUT2D eigenvalue weighted by Crippen LogP contribution is -2.48. The first-order valence-electron chi connectivity index (χ1n) is 9.05. The van der Waals surface area contributed by atoms with E-state index in [9.17, 15) is 9.90 Å². The summed E-state index contributed by atoms with van der Waals surface area (Å²) in [6, 6.07) is 11.0. The van der Waals surface area contributed by atoms with Gasteiger partial charge in [0.15, 0.2) is 0 Å². The largest absolute Gasteiger partial charge is 0.390 e. The van der Waals surface area contributed by atoms with Gasteiger partial charge in [0.05, 0.1) is 6.10 Å². The molecule has 5 heteroatoms. The molecule has 2 saturated heterocycles. The number of carbonyl (C=O) groups is 1. The van der Waals surface area contributed by atoms with Crippen LogP contribution in [0.15, 0.2) is 30.3 Å². The summed E-state index contributed by atoms with van der Waals surface area (Å²) < 4.78 is 0. The lowest BCUT2D eigenvalue weighted by Gasteiger charge is -2.38. The fourth-order valence-corrected chi connectivity index (χ4v) is 3.94. The summed E-state index contributed by atoms with van der Waals surface area (Å²) in [5.41, 5.74) is 1.30. The van der Waals surface area contributed by atoms with E-state index in [2.05, 4.69) is 34.1 Å². The van der Waals surface area contributed by atoms with Crippen LogP contribution in [0.1, 0.15) is 25.3 Å². The van der Waals surface area contributed by atoms with Gasteiger partial charge >= 0.3 is 0 Å². The summed E-state index contributed by atoms with van der Waals surface area (Å²) in [4.78, 5) is 18.2. The monoisotopic (exact) mass is 331 g/mol. The third-order valence-corrected chi connectivity index (χ3v) is 5.29. The highest BCUT2D eigenvalue weighted by Crippen LogP contribution is 2.19. The number of likely N-dealkylation sites (tertiary alicyclic amines) is 1. The first-order chi connectivity index (χ1) is 11.6. The number of piperidine rings is 1. The maximum Gasteiger partial charge on any atom is 0.219 e. The predicted octanol–water partition coefficient (Wildman–Crippen LogP) is 1.18. The van der Waals surface area contributed by atoms with Crippen molar-refractivity contribution in [3.8, 4) is 0 Å². The molecule has 5 nitrogen and oxygen atoms in total. The Morgan fingerprint density at radius 2 is 1.79 bits per heavy atom. The smallest absolute Gasteiger partial charge is 0.219 e. The van der Waals surface area contributed by atoms with Gasteiger partial charge in [0.1, 0.15) is 0 Å². The standard InChI is InChI=1S/C19H29N3O2/c1-16(23)21-9-7-18(8-10-21)22-12-11-20(14-19(24)15-22)13-17-5-3-2-4-6-17/h2-6,18-19,24H,7-15H2,1H3/t19-/m1/s1. The molecule has 1 aromatic rings. The zero-order valence-corrected chi connectivity index (χ0v) is 14.6. The number of amides is 1. The van der Waals surface area contributed by atoms with Crippen molar-refractivity contribution in [1.29, 1.82) is 0 Å². The molecule has 2 aliphatic rings. The van der Waals surface area contributed by atoms with E-state index in [1.165, 1.54) is 5.56 Å². The van der Waals surface area contributed by atoms with E-state index in [1.807, 2.05) is 11.0 Å². The average molecular weight is 331 g/mol. The van der Waals surface area contributed by atoms with Crippen LogP contribution in [-0.2, 0) is 11.3 Å². The molecule has 1 amide bonds. The van der Waals surface area contributed by atoms with Crippen LogP contribution in [0.25, 0.3) is 0 Å². The number of aliphatic hydroxyl groups excluding tert-OH is 1. The molecule has 1 N–H and O–H groups in total. The number of hydrogen-bond acceptors (Lipinski definition) is 4. The Bertz CT molecular complexity index is 529. The summed E-state index contributed by atoms with van der Waals surface area (Å²) in [7, 11) is 0. The van der Waals surface area contributed by atoms with E-state index in [0.29, 0.717) is 6.04 Å². The maximum atomic E-state index is 11.5. The highest BCUT2D eigenvalue weighted by atomic mass is 16.3. The number of hydrogen-bond donors (Lipinski definition) is 1. The second-order valence-corrected chi connectivity index (χ2v) is 7.11. The van der Waals surface area contributed by atoms with Gasteiger partial charge in [-0.2, -0.15) is 0 Å². The quantitative estimate of drug-likeness (QED) is 0.903. The number of rotatable bonds is 3. The van der Waals surface area contributed by atoms with Gasteiger partial charge in [0.2, 0.25) is 5.91 Å². The molecule has 0 saturated carbocycles. The van der Waals surface area contributed by atoms with Crippen LogP contribution in [-0.4, -0.2) is 77.1 Å². The van der Waals surface area contributed by atoms with Crippen LogP contribution in [0.3, 0.4) is 0 Å². The predicted molar refractivity (Wildman–Crippen MR) is 94.6 cm³/mol. The van der Waals surface area contributed by atoms with Gasteiger partial charge in [-0.05, 0) is 18.4 Å². The summed E-state index contributed by atoms with van der Waals surface area (Å²) in [5, 5.41) is 10.4. The number of aliphatic hydroxyl groups is 1. The first kappa shape index (κ1) is 17.4. The van der Waals surface area contributed by atoms with Gasteiger partial charge in [-0.15, -0.1) is 0 Å². The molecule has 0 bridgehead atoms. The van der Waals surface area contributed by atoms with Crippen molar-refractivity contribution in [2.45, 2.75) is 38.5 Å². The minimum absolute atomic E-state index is 0.179. The third-order valence-electron chi connectivity index (χ3n) is 5.29. The summed E-state index contributed by atoms with van der Waals surface area (Å²) in [6.45, 7) is 7.70. The highest BCUT2D eigenvalue weighted by Gasteiger charge is 2.29. The second kappa shape index (κ2) is 8.10. The fraction of sp³-hybridized carbons (Fsp3) is 0.632. The number of β-amino-alcohol motifs (C(OH)–C–C–N with tert-alkyl or cyclic N) is 1. The van der Waals surface area contributed by atoms with Gasteiger partial charge in [-0.1, -0.05) is 30.3 Å². The molecule has 1 atom stereocenters. The Morgan fingerprint density at radius 3 is 2.46 bits per heavy atom. The zero-order chi connectivity index (χ0) is 16.9. The Labute approximate surface area is 144 Å². The minimum Gasteiger partial charge on any atom is -0.390 e. The van der Waals surface area contributed by atoms with Crippen LogP contribution in [0.2, 0.25) is 0 Å². The molecule has 2 fully saturated rings. The van der Waals surface area contributed by atoms with Crippen molar-refractivity contribution in [3.05, 3.63) is 35.9 Å². The molecule has 0 aromatic heterocycles. The number of carbonyl (C=O) groups excluding carboxylic acids is 1. The van der Waals surface area contributed by atoms with Crippen molar-refractivity contribution in [3.63, 3.8) is 0 Å². The molecule has 0 radical (unpaired) electrons. The Balaban J connectivity index is 1.54. The van der Waals surface area contributed by atoms with Gasteiger partial charge in [-0.3, -0.25) is 14.6 Å². The normalized spacial score (nSPS) is 24.8. The highest BCUT2D eigenvalue weighted by molar-refractivity contribution is 5.73. The van der Waals surface area contributed by atoms with Crippen LogP contribution >= 0.6 is 0 Å². The molecule has 0 unspecified atom stereocenters. The van der Waals surface area contributed by atoms with Crippen LogP contribution in [0.5, 0.6) is 0 Å². The second-order valence-electron chi connectivity index (χ2n) is 7.11. The molecule has 24 heavy (non-hydrogen) atoms. The number of nitrogens with zero attached hydrogens (tertiary/aromatic N) is 3. The number of benzene rings is 1. The first-order valence-corrected chi connectivity index (χ1v) is 9.05. The van der Waals surface area contributed by atoms with Crippen LogP contribution in [0, 0.1) is 0 Å². The van der Waals surface area contributed by atoms with E-state index in [4.69, 9.17) is 0 Å². The van der Waals surface area contributed by atoms with Crippen molar-refractivity contribution in [2.75, 3.05) is 39.3 Å². The molecule has 0 aliphatic carbocycles. The molecular formula is C19H29N3O2. The third kappa shape index (κ3) is 4.56. The van der Waals surface area contributed by atoms with Gasteiger partial charge in [0, 0.05) is 58.8 Å². The summed E-state index contributed by atoms with van der Waals surface area (Å²) >= 11 is 0. The molecule has 132 valence electrons. The van der Waals surface area contributed by atoms with Crippen molar-refractivity contribution < 1.29 is 9.90 Å². The zero-order valence-electron chi connectivity index (χ0n) is 14.6.